The second-order valence-corrected chi connectivity index (χ2v) is 4.62. The summed E-state index contributed by atoms with van der Waals surface area (Å²) >= 11 is 0. The Morgan fingerprint density at radius 2 is 2.19 bits per heavy atom. The molecule has 0 bridgehead atoms. The van der Waals surface area contributed by atoms with E-state index in [2.05, 4.69) is 20.8 Å². The van der Waals surface area contributed by atoms with Crippen molar-refractivity contribution in [3.8, 4) is 0 Å². The Hall–Kier alpha value is -2.44. The number of aryl methyl sites for hydroxylation is 1. The van der Waals surface area contributed by atoms with Crippen molar-refractivity contribution in [2.75, 3.05) is 17.2 Å². The first-order valence-electron chi connectivity index (χ1n) is 6.67. The standard InChI is InChI=1S/C14H17FN4O2/c1-4-6-16-12-11(15)10(5-7-17-12)13(20)18-14-8(2)9(3)19-21-14/h5,7H,4,6H2,1-3H3,(H,16,17)(H,18,20). The number of hydrogen-bond acceptors (Lipinski definition) is 5. The SMILES string of the molecule is CCCNc1nccc(C(=O)Nc2onc(C)c2C)c1F. The topological polar surface area (TPSA) is 80.0 Å². The van der Waals surface area contributed by atoms with Crippen molar-refractivity contribution >= 4 is 17.6 Å². The molecule has 0 aromatic carbocycles. The Morgan fingerprint density at radius 3 is 2.81 bits per heavy atom. The number of carbonyl (C=O) groups excluding carboxylic acids is 1. The number of pyridine rings is 1. The number of amides is 1. The molecule has 0 spiro atoms. The summed E-state index contributed by atoms with van der Waals surface area (Å²) in [5.41, 5.74) is 1.28. The van der Waals surface area contributed by atoms with Crippen molar-refractivity contribution in [1.82, 2.24) is 10.1 Å². The van der Waals surface area contributed by atoms with Crippen molar-refractivity contribution in [2.24, 2.45) is 0 Å². The molecular formula is C14H17FN4O2. The minimum absolute atomic E-state index is 0.0648. The summed E-state index contributed by atoms with van der Waals surface area (Å²) in [7, 11) is 0. The van der Waals surface area contributed by atoms with Gasteiger partial charge < -0.3 is 9.84 Å². The van der Waals surface area contributed by atoms with Gasteiger partial charge in [-0.25, -0.2) is 9.37 Å². The fourth-order valence-corrected chi connectivity index (χ4v) is 1.69. The highest BCUT2D eigenvalue weighted by atomic mass is 19.1. The van der Waals surface area contributed by atoms with Gasteiger partial charge in [0.1, 0.15) is 0 Å². The first-order chi connectivity index (χ1) is 10.0. The van der Waals surface area contributed by atoms with E-state index >= 15 is 0 Å². The first-order valence-corrected chi connectivity index (χ1v) is 6.67. The molecule has 0 unspecified atom stereocenters. The number of aromatic nitrogens is 2. The molecule has 0 aliphatic carbocycles. The van der Waals surface area contributed by atoms with Crippen LogP contribution in [0, 0.1) is 19.7 Å². The van der Waals surface area contributed by atoms with Gasteiger partial charge >= 0.3 is 0 Å². The monoisotopic (exact) mass is 292 g/mol. The third-order valence-corrected chi connectivity index (χ3v) is 3.06. The maximum atomic E-state index is 14.2. The van der Waals surface area contributed by atoms with Gasteiger partial charge in [-0.2, -0.15) is 0 Å². The van der Waals surface area contributed by atoms with Crippen molar-refractivity contribution in [3.05, 3.63) is 34.9 Å². The molecule has 0 aliphatic heterocycles. The molecule has 0 radical (unpaired) electrons. The first kappa shape index (κ1) is 15.0. The maximum absolute atomic E-state index is 14.2. The summed E-state index contributed by atoms with van der Waals surface area (Å²) in [5.74, 6) is -1.00. The van der Waals surface area contributed by atoms with E-state index in [1.807, 2.05) is 6.92 Å². The van der Waals surface area contributed by atoms with Gasteiger partial charge in [-0.05, 0) is 26.3 Å². The summed E-state index contributed by atoms with van der Waals surface area (Å²) in [6.07, 6.45) is 2.21. The fourth-order valence-electron chi connectivity index (χ4n) is 1.69. The van der Waals surface area contributed by atoms with Gasteiger partial charge in [-0.3, -0.25) is 10.1 Å². The van der Waals surface area contributed by atoms with E-state index in [1.54, 1.807) is 13.8 Å². The zero-order chi connectivity index (χ0) is 15.4. The highest BCUT2D eigenvalue weighted by Crippen LogP contribution is 2.20. The molecule has 2 heterocycles. The quantitative estimate of drug-likeness (QED) is 0.885. The van der Waals surface area contributed by atoms with Crippen LogP contribution in [0.1, 0.15) is 35.0 Å². The lowest BCUT2D eigenvalue weighted by atomic mass is 10.2. The van der Waals surface area contributed by atoms with Crippen LogP contribution >= 0.6 is 0 Å². The van der Waals surface area contributed by atoms with E-state index in [4.69, 9.17) is 4.52 Å². The molecule has 0 saturated heterocycles. The number of rotatable bonds is 5. The molecule has 2 aromatic heterocycles. The normalized spacial score (nSPS) is 10.5. The molecule has 6 nitrogen and oxygen atoms in total. The van der Waals surface area contributed by atoms with Crippen molar-refractivity contribution in [2.45, 2.75) is 27.2 Å². The van der Waals surface area contributed by atoms with Crippen LogP contribution in [0.3, 0.4) is 0 Å². The van der Waals surface area contributed by atoms with Gasteiger partial charge in [0.25, 0.3) is 5.91 Å². The van der Waals surface area contributed by atoms with Gasteiger partial charge in [-0.1, -0.05) is 12.1 Å². The molecule has 0 atom stereocenters. The summed E-state index contributed by atoms with van der Waals surface area (Å²) in [5, 5.41) is 9.08. The van der Waals surface area contributed by atoms with Crippen LogP contribution in [0.4, 0.5) is 16.1 Å². The minimum atomic E-state index is -0.683. The van der Waals surface area contributed by atoms with E-state index in [0.29, 0.717) is 17.8 Å². The van der Waals surface area contributed by atoms with E-state index in [0.717, 1.165) is 6.42 Å². The molecule has 2 rings (SSSR count). The predicted octanol–water partition coefficient (Wildman–Crippen LogP) is 2.90. The van der Waals surface area contributed by atoms with Gasteiger partial charge in [0, 0.05) is 18.3 Å². The summed E-state index contributed by atoms with van der Waals surface area (Å²) in [6.45, 7) is 6.05. The minimum Gasteiger partial charge on any atom is -0.368 e. The summed E-state index contributed by atoms with van der Waals surface area (Å²) in [4.78, 5) is 16.0. The Kier molecular flexibility index (Phi) is 4.52. The highest BCUT2D eigenvalue weighted by molar-refractivity contribution is 6.04. The van der Waals surface area contributed by atoms with E-state index in [9.17, 15) is 9.18 Å². The van der Waals surface area contributed by atoms with Crippen LogP contribution in [0.15, 0.2) is 16.8 Å². The summed E-state index contributed by atoms with van der Waals surface area (Å²) in [6, 6.07) is 1.32. The lowest BCUT2D eigenvalue weighted by Gasteiger charge is -2.08. The van der Waals surface area contributed by atoms with Gasteiger partial charge in [0.2, 0.25) is 5.88 Å². The van der Waals surface area contributed by atoms with Crippen LogP contribution < -0.4 is 10.6 Å². The molecule has 7 heteroatoms. The number of carbonyl (C=O) groups is 1. The average Bonchev–Trinajstić information content (AvgIpc) is 2.78. The molecule has 112 valence electrons. The Labute approximate surface area is 121 Å². The molecule has 21 heavy (non-hydrogen) atoms. The number of nitrogens with zero attached hydrogens (tertiary/aromatic N) is 2. The third kappa shape index (κ3) is 3.18. The molecule has 0 saturated carbocycles. The summed E-state index contributed by atoms with van der Waals surface area (Å²) < 4.78 is 19.2. The average molecular weight is 292 g/mol. The predicted molar refractivity (Wildman–Crippen MR) is 76.9 cm³/mol. The van der Waals surface area contributed by atoms with Crippen molar-refractivity contribution in [3.63, 3.8) is 0 Å². The van der Waals surface area contributed by atoms with Crippen LogP contribution in [-0.2, 0) is 0 Å². The van der Waals surface area contributed by atoms with Crippen molar-refractivity contribution < 1.29 is 13.7 Å². The molecule has 2 aromatic rings. The second kappa shape index (κ2) is 6.34. The largest absolute Gasteiger partial charge is 0.368 e. The number of nitrogens with one attached hydrogen (secondary N) is 2. The van der Waals surface area contributed by atoms with E-state index < -0.39 is 11.7 Å². The highest BCUT2D eigenvalue weighted by Gasteiger charge is 2.18. The molecule has 0 aliphatic rings. The number of hydrogen-bond donors (Lipinski definition) is 2. The smallest absolute Gasteiger partial charge is 0.261 e. The van der Waals surface area contributed by atoms with Crippen LogP contribution in [-0.4, -0.2) is 22.6 Å². The van der Waals surface area contributed by atoms with Crippen LogP contribution in [0.25, 0.3) is 0 Å². The zero-order valence-corrected chi connectivity index (χ0v) is 12.2. The Morgan fingerprint density at radius 1 is 1.43 bits per heavy atom. The lowest BCUT2D eigenvalue weighted by Crippen LogP contribution is -2.16. The van der Waals surface area contributed by atoms with Crippen LogP contribution in [0.5, 0.6) is 0 Å². The molecule has 0 fully saturated rings. The van der Waals surface area contributed by atoms with Crippen molar-refractivity contribution in [1.29, 1.82) is 0 Å². The van der Waals surface area contributed by atoms with Gasteiger partial charge in [0.05, 0.1) is 11.3 Å². The third-order valence-electron chi connectivity index (χ3n) is 3.06. The molecular weight excluding hydrogens is 275 g/mol. The van der Waals surface area contributed by atoms with E-state index in [1.165, 1.54) is 12.3 Å². The number of anilines is 2. The molecule has 2 N–H and O–H groups in total. The van der Waals surface area contributed by atoms with Gasteiger partial charge in [-0.15, -0.1) is 0 Å². The Balaban J connectivity index is 2.21. The van der Waals surface area contributed by atoms with Gasteiger partial charge in [0.15, 0.2) is 11.6 Å². The van der Waals surface area contributed by atoms with Crippen LogP contribution in [0.2, 0.25) is 0 Å². The lowest BCUT2D eigenvalue weighted by molar-refractivity contribution is 0.102. The molecule has 1 amide bonds. The van der Waals surface area contributed by atoms with E-state index in [-0.39, 0.29) is 17.3 Å². The fraction of sp³-hybridized carbons (Fsp3) is 0.357. The second-order valence-electron chi connectivity index (χ2n) is 4.62. The maximum Gasteiger partial charge on any atom is 0.261 e. The Bertz CT molecular complexity index is 654. The zero-order valence-electron chi connectivity index (χ0n) is 12.2. The number of halogens is 1.